The molecule has 4 atom stereocenters. The van der Waals surface area contributed by atoms with Crippen LogP contribution in [-0.4, -0.2) is 167 Å². The SMILES string of the molecule is CC(O)=[N+](O)CCC[C@@H]1NC(=O)[C@H](CCC/[N+](O)=C(\C)O)NC(=O)CNC(=O)[C@@H](CO)NC(=O)CNC(=O)[C@H](CCC/[N+](O)=C(\C)O)NC1=O. The molecule has 0 unspecified atom stereocenters. The van der Waals surface area contributed by atoms with Crippen LogP contribution in [0.3, 0.4) is 0 Å². The van der Waals surface area contributed by atoms with Gasteiger partial charge in [-0.25, -0.2) is 0 Å². The zero-order valence-corrected chi connectivity index (χ0v) is 28.2. The number of hydrogen-bond acceptors (Lipinski definition) is 10. The van der Waals surface area contributed by atoms with E-state index in [0.29, 0.717) is 14.2 Å². The molecule has 22 heteroatoms. The number of amides is 6. The molecule has 1 saturated heterocycles. The maximum Gasteiger partial charge on any atom is 0.379 e. The molecular formula is C28H50N9O13+3. The number of carbonyl (C=O) groups excluding carboxylic acids is 6. The van der Waals surface area contributed by atoms with Crippen molar-refractivity contribution >= 4 is 53.1 Å². The number of carbonyl (C=O) groups is 6. The lowest BCUT2D eigenvalue weighted by atomic mass is 10.1. The van der Waals surface area contributed by atoms with Gasteiger partial charge in [0, 0.05) is 33.5 Å². The van der Waals surface area contributed by atoms with E-state index in [1.165, 1.54) is 20.8 Å². The molecule has 0 aromatic rings. The summed E-state index contributed by atoms with van der Waals surface area (Å²) < 4.78 is 1.51. The molecule has 0 aromatic heterocycles. The highest BCUT2D eigenvalue weighted by Gasteiger charge is 2.31. The normalized spacial score (nSPS) is 23.3. The number of rotatable bonds is 13. The summed E-state index contributed by atoms with van der Waals surface area (Å²) in [5.74, 6) is -6.71. The quantitative estimate of drug-likeness (QED) is 0.0282. The van der Waals surface area contributed by atoms with Gasteiger partial charge in [0.2, 0.25) is 35.4 Å². The third kappa shape index (κ3) is 15.7. The van der Waals surface area contributed by atoms with Gasteiger partial charge in [-0.3, -0.25) is 44.4 Å². The molecule has 0 saturated carbocycles. The minimum Gasteiger partial charge on any atom is -0.461 e. The van der Waals surface area contributed by atoms with Crippen LogP contribution in [0.15, 0.2) is 0 Å². The molecule has 22 nitrogen and oxygen atoms in total. The lowest BCUT2D eigenvalue weighted by molar-refractivity contribution is -0.779. The Bertz CT molecular complexity index is 1300. The molecule has 13 N–H and O–H groups in total. The maximum atomic E-state index is 13.6. The van der Waals surface area contributed by atoms with Gasteiger partial charge in [-0.15, -0.1) is 0 Å². The van der Waals surface area contributed by atoms with Crippen molar-refractivity contribution in [1.29, 1.82) is 0 Å². The molecular weight excluding hydrogens is 670 g/mol. The molecule has 1 rings (SSSR count). The number of hydrogen-bond donors (Lipinski definition) is 13. The molecule has 0 bridgehead atoms. The van der Waals surface area contributed by atoms with Crippen LogP contribution in [0.25, 0.3) is 0 Å². The van der Waals surface area contributed by atoms with E-state index in [9.17, 15) is 64.8 Å². The van der Waals surface area contributed by atoms with Crippen LogP contribution in [0.4, 0.5) is 0 Å². The average Bonchev–Trinajstić information content (AvgIpc) is 3.05. The first kappa shape index (κ1) is 42.6. The van der Waals surface area contributed by atoms with Gasteiger partial charge in [0.1, 0.15) is 24.2 Å². The van der Waals surface area contributed by atoms with Crippen molar-refractivity contribution in [3.05, 3.63) is 0 Å². The Morgan fingerprint density at radius 2 is 0.840 bits per heavy atom. The van der Waals surface area contributed by atoms with Crippen LogP contribution in [0, 0.1) is 0 Å². The van der Waals surface area contributed by atoms with E-state index < -0.39 is 97.0 Å². The van der Waals surface area contributed by atoms with Crippen molar-refractivity contribution in [2.45, 2.75) is 83.5 Å². The topological polar surface area (TPSA) is 325 Å². The number of nitrogens with zero attached hydrogens (tertiary/aromatic N) is 3. The van der Waals surface area contributed by atoms with E-state index in [0.717, 1.165) is 0 Å². The Labute approximate surface area is 287 Å². The summed E-state index contributed by atoms with van der Waals surface area (Å²) in [4.78, 5) is 78.2. The van der Waals surface area contributed by atoms with E-state index in [2.05, 4.69) is 31.9 Å². The molecule has 0 radical (unpaired) electrons. The second-order valence-electron chi connectivity index (χ2n) is 11.4. The highest BCUT2D eigenvalue weighted by Crippen LogP contribution is 2.06. The summed E-state index contributed by atoms with van der Waals surface area (Å²) >= 11 is 0. The fourth-order valence-corrected chi connectivity index (χ4v) is 4.44. The van der Waals surface area contributed by atoms with Crippen LogP contribution in [-0.2, 0) is 28.8 Å². The van der Waals surface area contributed by atoms with Gasteiger partial charge in [0.15, 0.2) is 19.6 Å². The molecule has 1 aliphatic heterocycles. The van der Waals surface area contributed by atoms with E-state index in [1.807, 2.05) is 0 Å². The van der Waals surface area contributed by atoms with Gasteiger partial charge in [-0.1, -0.05) is 0 Å². The molecule has 0 aromatic carbocycles. The number of aliphatic hydroxyl groups excluding tert-OH is 4. The van der Waals surface area contributed by atoms with Crippen LogP contribution >= 0.6 is 0 Å². The first-order valence-electron chi connectivity index (χ1n) is 15.8. The summed E-state index contributed by atoms with van der Waals surface area (Å²) in [7, 11) is 0. The summed E-state index contributed by atoms with van der Waals surface area (Å²) in [5, 5.41) is 81.6. The van der Waals surface area contributed by atoms with Crippen molar-refractivity contribution in [2.75, 3.05) is 39.3 Å². The van der Waals surface area contributed by atoms with E-state index in [-0.39, 0.29) is 58.2 Å². The lowest BCUT2D eigenvalue weighted by Gasteiger charge is -2.25. The van der Waals surface area contributed by atoms with Gasteiger partial charge in [0.05, 0.1) is 40.5 Å². The number of aliphatic hydroxyl groups is 4. The predicted octanol–water partition coefficient (Wildman–Crippen LogP) is -4.36. The largest absolute Gasteiger partial charge is 0.461 e. The zero-order valence-electron chi connectivity index (χ0n) is 28.2. The molecule has 1 fully saturated rings. The van der Waals surface area contributed by atoms with Gasteiger partial charge >= 0.3 is 17.7 Å². The van der Waals surface area contributed by atoms with Crippen molar-refractivity contribution < 1.29 is 79.0 Å². The maximum absolute atomic E-state index is 13.6. The minimum absolute atomic E-state index is 0.00898. The van der Waals surface area contributed by atoms with Gasteiger partial charge in [-0.2, -0.15) is 0 Å². The van der Waals surface area contributed by atoms with E-state index in [4.69, 9.17) is 0 Å². The lowest BCUT2D eigenvalue weighted by Crippen LogP contribution is -2.58. The van der Waals surface area contributed by atoms with Crippen molar-refractivity contribution in [3.8, 4) is 0 Å². The Balaban J connectivity index is 3.49. The Morgan fingerprint density at radius 3 is 1.18 bits per heavy atom. The minimum atomic E-state index is -1.52. The molecule has 50 heavy (non-hydrogen) atoms. The average molecular weight is 721 g/mol. The summed E-state index contributed by atoms with van der Waals surface area (Å²) in [6, 6.07) is -5.67. The van der Waals surface area contributed by atoms with Gasteiger partial charge in [-0.05, 0) is 19.3 Å². The van der Waals surface area contributed by atoms with Crippen LogP contribution in [0.1, 0.15) is 59.3 Å². The van der Waals surface area contributed by atoms with Gasteiger partial charge in [0.25, 0.3) is 0 Å². The molecule has 282 valence electrons. The highest BCUT2D eigenvalue weighted by atomic mass is 16.5. The van der Waals surface area contributed by atoms with Crippen molar-refractivity contribution in [2.24, 2.45) is 0 Å². The monoisotopic (exact) mass is 720 g/mol. The van der Waals surface area contributed by atoms with Crippen LogP contribution in [0.5, 0.6) is 0 Å². The number of nitrogens with one attached hydrogen (secondary N) is 6. The summed E-state index contributed by atoms with van der Waals surface area (Å²) in [6.07, 6.45) is -0.401. The van der Waals surface area contributed by atoms with Crippen LogP contribution < -0.4 is 31.9 Å². The molecule has 0 spiro atoms. The smallest absolute Gasteiger partial charge is 0.379 e. The summed E-state index contributed by atoms with van der Waals surface area (Å²) in [6.45, 7) is 0.844. The Morgan fingerprint density at radius 1 is 0.540 bits per heavy atom. The Hall–Kier alpha value is -5.41. The third-order valence-electron chi connectivity index (χ3n) is 7.31. The first-order chi connectivity index (χ1) is 23.5. The molecule has 6 amide bonds. The fraction of sp³-hybridized carbons (Fsp3) is 0.679. The fourth-order valence-electron chi connectivity index (χ4n) is 4.44. The zero-order chi connectivity index (χ0) is 38.0. The van der Waals surface area contributed by atoms with Crippen molar-refractivity contribution in [1.82, 2.24) is 31.9 Å². The number of hydroxylamine groups is 3. The third-order valence-corrected chi connectivity index (χ3v) is 7.31. The molecule has 1 heterocycles. The molecule has 0 aliphatic carbocycles. The van der Waals surface area contributed by atoms with Crippen molar-refractivity contribution in [3.63, 3.8) is 0 Å². The van der Waals surface area contributed by atoms with E-state index >= 15 is 0 Å². The van der Waals surface area contributed by atoms with E-state index in [1.54, 1.807) is 0 Å². The highest BCUT2D eigenvalue weighted by molar-refractivity contribution is 5.96. The first-order valence-corrected chi connectivity index (χ1v) is 15.8. The Kier molecular flexibility index (Phi) is 18.4. The summed E-state index contributed by atoms with van der Waals surface area (Å²) in [5.41, 5.74) is 0. The predicted molar refractivity (Wildman–Crippen MR) is 169 cm³/mol. The second kappa shape index (κ2) is 21.5. The second-order valence-corrected chi connectivity index (χ2v) is 11.4. The van der Waals surface area contributed by atoms with Gasteiger partial charge < -0.3 is 52.3 Å². The molecule has 1 aliphatic rings. The van der Waals surface area contributed by atoms with Crippen LogP contribution in [0.2, 0.25) is 0 Å². The standard InChI is InChI=1S/C28H47N9O13/c1-16(39)35(48)10-4-7-19-25(44)29-14-24(43)32-22(15-38)26(45)30-13-23(42)31-20(8-5-11-36(49)17(2)40)27(46)34-21(28(47)33-19)9-6-12-37(50)18(3)41/h19-22,38,48-50H,4-15H2,1-3H3,(H6,29,30,31,32,33,34,42,43,44,45,46,47)/p+3/t19-,20-,21-,22+/m0/s1.